The van der Waals surface area contributed by atoms with Gasteiger partial charge in [-0.2, -0.15) is 0 Å². The molecule has 0 aliphatic carbocycles. The van der Waals surface area contributed by atoms with E-state index < -0.39 is 0 Å². The molecule has 2 aliphatic rings. The number of amides is 1. The molecule has 0 radical (unpaired) electrons. The second kappa shape index (κ2) is 8.22. The summed E-state index contributed by atoms with van der Waals surface area (Å²) in [5.74, 6) is 0.245. The Hall–Kier alpha value is -2.29. The van der Waals surface area contributed by atoms with Crippen LogP contribution < -0.4 is 5.32 Å². The van der Waals surface area contributed by atoms with Crippen LogP contribution in [0, 0.1) is 5.82 Å². The van der Waals surface area contributed by atoms with Crippen molar-refractivity contribution in [3.05, 3.63) is 53.4 Å². The molecular weight excluding hydrogens is 413 g/mol. The number of hydrogen-bond donors (Lipinski definition) is 1. The van der Waals surface area contributed by atoms with Crippen LogP contribution in [-0.4, -0.2) is 50.7 Å². The molecule has 152 valence electrons. The Morgan fingerprint density at radius 3 is 2.83 bits per heavy atom. The predicted molar refractivity (Wildman–Crippen MR) is 112 cm³/mol. The number of nitrogens with one attached hydrogen (secondary N) is 1. The van der Waals surface area contributed by atoms with Crippen molar-refractivity contribution in [1.82, 2.24) is 25.0 Å². The van der Waals surface area contributed by atoms with E-state index in [1.54, 1.807) is 16.8 Å². The minimum absolute atomic E-state index is 0. The lowest BCUT2D eigenvalue weighted by molar-refractivity contribution is 0.0667. The fourth-order valence-corrected chi connectivity index (χ4v) is 4.88. The van der Waals surface area contributed by atoms with Gasteiger partial charge in [0.2, 0.25) is 5.82 Å². The first kappa shape index (κ1) is 20.0. The third-order valence-corrected chi connectivity index (χ3v) is 6.35. The van der Waals surface area contributed by atoms with Gasteiger partial charge in [0.1, 0.15) is 5.82 Å². The molecule has 2 unspecified atom stereocenters. The van der Waals surface area contributed by atoms with Crippen molar-refractivity contribution in [3.8, 4) is 16.4 Å². The van der Waals surface area contributed by atoms with E-state index >= 15 is 0 Å². The molecule has 29 heavy (non-hydrogen) atoms. The molecular formula is C20H21ClFN5OS. The number of fused-ring (bicyclic) bond motifs is 2. The van der Waals surface area contributed by atoms with E-state index in [9.17, 15) is 9.18 Å². The lowest BCUT2D eigenvalue weighted by atomic mass is 10.1. The standard InChI is InChI=1S/C20H20FN5OS.ClH/c21-13-3-1-4-15(11-13)26-19(17-5-2-10-28-17)23-18(24-26)20(27)25-14-6-7-16(25)12-22-9-8-14;/h1-5,10-11,14,16,22H,6-9,12H2;1H. The van der Waals surface area contributed by atoms with Crippen LogP contribution in [-0.2, 0) is 0 Å². The van der Waals surface area contributed by atoms with E-state index in [0.717, 1.165) is 37.2 Å². The van der Waals surface area contributed by atoms with Gasteiger partial charge in [-0.05, 0) is 55.5 Å². The van der Waals surface area contributed by atoms with E-state index in [1.165, 1.54) is 23.5 Å². The molecule has 1 aromatic carbocycles. The zero-order chi connectivity index (χ0) is 19.1. The first-order valence-corrected chi connectivity index (χ1v) is 10.4. The van der Waals surface area contributed by atoms with Crippen LogP contribution in [0.25, 0.3) is 16.4 Å². The van der Waals surface area contributed by atoms with Crippen molar-refractivity contribution in [2.24, 2.45) is 0 Å². The minimum atomic E-state index is -0.352. The summed E-state index contributed by atoms with van der Waals surface area (Å²) in [6, 6.07) is 10.5. The molecule has 9 heteroatoms. The van der Waals surface area contributed by atoms with E-state index in [4.69, 9.17) is 0 Å². The number of carbonyl (C=O) groups is 1. The van der Waals surface area contributed by atoms with Crippen LogP contribution >= 0.6 is 23.7 Å². The number of halogens is 2. The first-order valence-electron chi connectivity index (χ1n) is 9.51. The fraction of sp³-hybridized carbons (Fsp3) is 0.350. The van der Waals surface area contributed by atoms with Gasteiger partial charge in [0, 0.05) is 18.6 Å². The van der Waals surface area contributed by atoms with Gasteiger partial charge in [0.25, 0.3) is 5.91 Å². The van der Waals surface area contributed by atoms with Gasteiger partial charge >= 0.3 is 0 Å². The van der Waals surface area contributed by atoms with Crippen LogP contribution in [0.1, 0.15) is 29.9 Å². The summed E-state index contributed by atoms with van der Waals surface area (Å²) >= 11 is 1.51. The number of nitrogens with zero attached hydrogens (tertiary/aromatic N) is 4. The summed E-state index contributed by atoms with van der Waals surface area (Å²) < 4.78 is 15.4. The Balaban J connectivity index is 0.00000205. The average Bonchev–Trinajstić information content (AvgIpc) is 3.38. The molecule has 4 heterocycles. The number of carbonyl (C=O) groups excluding carboxylic acids is 1. The molecule has 1 amide bonds. The second-order valence-corrected chi connectivity index (χ2v) is 8.17. The third-order valence-electron chi connectivity index (χ3n) is 5.48. The van der Waals surface area contributed by atoms with Gasteiger partial charge < -0.3 is 10.2 Å². The molecule has 2 bridgehead atoms. The van der Waals surface area contributed by atoms with Gasteiger partial charge in [-0.25, -0.2) is 14.1 Å². The lowest BCUT2D eigenvalue weighted by Gasteiger charge is -2.26. The molecule has 5 rings (SSSR count). The van der Waals surface area contributed by atoms with Crippen molar-refractivity contribution >= 4 is 29.7 Å². The molecule has 0 saturated carbocycles. The number of hydrogen-bond acceptors (Lipinski definition) is 5. The van der Waals surface area contributed by atoms with Crippen molar-refractivity contribution in [3.63, 3.8) is 0 Å². The Kier molecular flexibility index (Phi) is 5.67. The molecule has 3 aromatic rings. The number of thiophene rings is 1. The van der Waals surface area contributed by atoms with Crippen LogP contribution in [0.3, 0.4) is 0 Å². The lowest BCUT2D eigenvalue weighted by Crippen LogP contribution is -2.43. The van der Waals surface area contributed by atoms with Gasteiger partial charge in [0.15, 0.2) is 5.82 Å². The molecule has 1 N–H and O–H groups in total. The maximum absolute atomic E-state index is 13.8. The largest absolute Gasteiger partial charge is 0.329 e. The molecule has 0 spiro atoms. The fourth-order valence-electron chi connectivity index (χ4n) is 4.19. The molecule has 2 saturated heterocycles. The SMILES string of the molecule is Cl.O=C(c1nc(-c2cccs2)n(-c2cccc(F)c2)n1)N1C2CCNCC1CC2. The van der Waals surface area contributed by atoms with E-state index in [1.807, 2.05) is 22.4 Å². The number of aromatic nitrogens is 3. The highest BCUT2D eigenvalue weighted by molar-refractivity contribution is 7.13. The van der Waals surface area contributed by atoms with Crippen molar-refractivity contribution in [2.45, 2.75) is 31.3 Å². The third kappa shape index (κ3) is 3.68. The quantitative estimate of drug-likeness (QED) is 0.686. The van der Waals surface area contributed by atoms with Crippen molar-refractivity contribution < 1.29 is 9.18 Å². The summed E-state index contributed by atoms with van der Waals surface area (Å²) in [5.41, 5.74) is 0.551. The Morgan fingerprint density at radius 2 is 2.03 bits per heavy atom. The maximum Gasteiger partial charge on any atom is 0.294 e. The molecule has 6 nitrogen and oxygen atoms in total. The summed E-state index contributed by atoms with van der Waals surface area (Å²) in [6.07, 6.45) is 2.98. The number of rotatable bonds is 3. The van der Waals surface area contributed by atoms with Gasteiger partial charge in [-0.1, -0.05) is 12.1 Å². The smallest absolute Gasteiger partial charge is 0.294 e. The Labute approximate surface area is 178 Å². The predicted octanol–water partition coefficient (Wildman–Crippen LogP) is 3.52. The van der Waals surface area contributed by atoms with Gasteiger partial charge in [-0.3, -0.25) is 4.79 Å². The van der Waals surface area contributed by atoms with Crippen LogP contribution in [0.2, 0.25) is 0 Å². The van der Waals surface area contributed by atoms with E-state index in [0.29, 0.717) is 11.5 Å². The number of benzene rings is 1. The highest BCUT2D eigenvalue weighted by Crippen LogP contribution is 2.31. The minimum Gasteiger partial charge on any atom is -0.329 e. The molecule has 2 aromatic heterocycles. The summed E-state index contributed by atoms with van der Waals surface area (Å²) in [6.45, 7) is 1.74. The first-order chi connectivity index (χ1) is 13.7. The van der Waals surface area contributed by atoms with Gasteiger partial charge in [-0.15, -0.1) is 28.8 Å². The van der Waals surface area contributed by atoms with Crippen LogP contribution in [0.5, 0.6) is 0 Å². The summed E-state index contributed by atoms with van der Waals surface area (Å²) in [4.78, 5) is 20.8. The Bertz CT molecular complexity index is 994. The summed E-state index contributed by atoms with van der Waals surface area (Å²) in [7, 11) is 0. The normalized spacial score (nSPS) is 20.9. The average molecular weight is 434 g/mol. The topological polar surface area (TPSA) is 63.1 Å². The highest BCUT2D eigenvalue weighted by Gasteiger charge is 2.40. The summed E-state index contributed by atoms with van der Waals surface area (Å²) in [5, 5.41) is 9.87. The zero-order valence-electron chi connectivity index (χ0n) is 15.6. The van der Waals surface area contributed by atoms with Gasteiger partial charge in [0.05, 0.1) is 10.6 Å². The molecule has 2 fully saturated rings. The van der Waals surface area contributed by atoms with E-state index in [-0.39, 0.29) is 42.0 Å². The van der Waals surface area contributed by atoms with Crippen LogP contribution in [0.15, 0.2) is 41.8 Å². The molecule has 2 aliphatic heterocycles. The molecule has 2 atom stereocenters. The monoisotopic (exact) mass is 433 g/mol. The van der Waals surface area contributed by atoms with Crippen molar-refractivity contribution in [1.29, 1.82) is 0 Å². The zero-order valence-corrected chi connectivity index (χ0v) is 17.3. The van der Waals surface area contributed by atoms with Crippen LogP contribution in [0.4, 0.5) is 4.39 Å². The Morgan fingerprint density at radius 1 is 1.17 bits per heavy atom. The maximum atomic E-state index is 13.8. The highest BCUT2D eigenvalue weighted by atomic mass is 35.5. The van der Waals surface area contributed by atoms with E-state index in [2.05, 4.69) is 15.4 Å². The van der Waals surface area contributed by atoms with Crippen molar-refractivity contribution in [2.75, 3.05) is 13.1 Å². The second-order valence-electron chi connectivity index (χ2n) is 7.22.